The van der Waals surface area contributed by atoms with Gasteiger partial charge < -0.3 is 15.4 Å². The molecule has 4 nitrogen and oxygen atoms in total. The van der Waals surface area contributed by atoms with E-state index in [0.717, 1.165) is 5.56 Å². The number of rotatable bonds is 3. The Labute approximate surface area is 89.6 Å². The molecule has 0 saturated carbocycles. The van der Waals surface area contributed by atoms with Crippen molar-refractivity contribution in [1.29, 1.82) is 0 Å². The second-order valence-electron chi connectivity index (χ2n) is 3.18. The normalized spacial score (nSPS) is 9.73. The van der Waals surface area contributed by atoms with Gasteiger partial charge >= 0.3 is 6.09 Å². The van der Waals surface area contributed by atoms with Crippen LogP contribution in [0.5, 0.6) is 0 Å². The summed E-state index contributed by atoms with van der Waals surface area (Å²) in [5.41, 5.74) is 7.42. The summed E-state index contributed by atoms with van der Waals surface area (Å²) in [4.78, 5) is 12.9. The molecule has 0 atom stereocenters. The van der Waals surface area contributed by atoms with Crippen LogP contribution in [0.3, 0.4) is 0 Å². The molecule has 0 bridgehead atoms. The number of hydrogen-bond donors (Lipinski definition) is 1. The summed E-state index contributed by atoms with van der Waals surface area (Å²) in [7, 11) is 1.37. The van der Waals surface area contributed by atoms with E-state index >= 15 is 0 Å². The molecule has 0 aliphatic heterocycles. The molecule has 0 spiro atoms. The zero-order valence-corrected chi connectivity index (χ0v) is 9.06. The molecule has 0 heterocycles. The summed E-state index contributed by atoms with van der Waals surface area (Å²) in [6.45, 7) is 2.98. The Hall–Kier alpha value is -1.71. The summed E-state index contributed by atoms with van der Waals surface area (Å²) in [5, 5.41) is 0. The maximum Gasteiger partial charge on any atom is 0.409 e. The Kier molecular flexibility index (Phi) is 3.97. The van der Waals surface area contributed by atoms with Crippen molar-refractivity contribution < 1.29 is 9.53 Å². The van der Waals surface area contributed by atoms with Crippen LogP contribution in [0.25, 0.3) is 0 Å². The van der Waals surface area contributed by atoms with Crippen molar-refractivity contribution in [3.8, 4) is 0 Å². The first-order valence-corrected chi connectivity index (χ1v) is 4.85. The van der Waals surface area contributed by atoms with Gasteiger partial charge in [0.2, 0.25) is 0 Å². The molecule has 0 saturated heterocycles. The molecule has 1 amide bonds. The van der Waals surface area contributed by atoms with E-state index in [1.54, 1.807) is 4.90 Å². The highest BCUT2D eigenvalue weighted by Crippen LogP contribution is 2.13. The molecule has 0 aliphatic rings. The van der Waals surface area contributed by atoms with Crippen LogP contribution >= 0.6 is 0 Å². The van der Waals surface area contributed by atoms with E-state index in [4.69, 9.17) is 5.73 Å². The lowest BCUT2D eigenvalue weighted by Gasteiger charge is -2.19. The predicted molar refractivity (Wildman–Crippen MR) is 59.3 cm³/mol. The number of amides is 1. The first-order chi connectivity index (χ1) is 7.19. The van der Waals surface area contributed by atoms with E-state index in [-0.39, 0.29) is 6.09 Å². The quantitative estimate of drug-likeness (QED) is 0.771. The van der Waals surface area contributed by atoms with Crippen molar-refractivity contribution in [2.45, 2.75) is 13.5 Å². The highest BCUT2D eigenvalue weighted by molar-refractivity contribution is 5.67. The first kappa shape index (κ1) is 11.4. The van der Waals surface area contributed by atoms with E-state index in [9.17, 15) is 4.79 Å². The summed E-state index contributed by atoms with van der Waals surface area (Å²) in [6.07, 6.45) is -0.333. The molecule has 15 heavy (non-hydrogen) atoms. The Morgan fingerprint density at radius 3 is 2.67 bits per heavy atom. The minimum atomic E-state index is -0.333. The maximum atomic E-state index is 11.3. The van der Waals surface area contributed by atoms with Gasteiger partial charge in [0.25, 0.3) is 0 Å². The third-order valence-electron chi connectivity index (χ3n) is 2.23. The van der Waals surface area contributed by atoms with Crippen LogP contribution in [-0.4, -0.2) is 24.6 Å². The molecule has 0 fully saturated rings. The summed E-state index contributed by atoms with van der Waals surface area (Å²) in [6, 6.07) is 7.49. The fourth-order valence-electron chi connectivity index (χ4n) is 1.32. The second-order valence-corrected chi connectivity index (χ2v) is 3.18. The number of para-hydroxylation sites is 1. The van der Waals surface area contributed by atoms with Crippen LogP contribution in [0.2, 0.25) is 0 Å². The zero-order chi connectivity index (χ0) is 11.3. The van der Waals surface area contributed by atoms with Crippen molar-refractivity contribution in [1.82, 2.24) is 4.90 Å². The van der Waals surface area contributed by atoms with E-state index in [2.05, 4.69) is 4.74 Å². The molecule has 0 unspecified atom stereocenters. The molecule has 82 valence electrons. The van der Waals surface area contributed by atoms with Gasteiger partial charge in [-0.3, -0.25) is 0 Å². The van der Waals surface area contributed by atoms with Gasteiger partial charge in [0.05, 0.1) is 13.7 Å². The topological polar surface area (TPSA) is 55.6 Å². The van der Waals surface area contributed by atoms with E-state index in [0.29, 0.717) is 18.8 Å². The highest BCUT2D eigenvalue weighted by Gasteiger charge is 2.12. The minimum absolute atomic E-state index is 0.333. The van der Waals surface area contributed by atoms with Crippen molar-refractivity contribution in [2.24, 2.45) is 0 Å². The number of hydrogen-bond acceptors (Lipinski definition) is 3. The monoisotopic (exact) mass is 208 g/mol. The van der Waals surface area contributed by atoms with Gasteiger partial charge in [-0.25, -0.2) is 4.79 Å². The predicted octanol–water partition coefficient (Wildman–Crippen LogP) is 1.86. The SMILES string of the molecule is CCN(Cc1ccccc1N)C(=O)OC. The summed E-state index contributed by atoms with van der Waals surface area (Å²) < 4.78 is 4.66. The van der Waals surface area contributed by atoms with Gasteiger partial charge in [-0.1, -0.05) is 18.2 Å². The molecule has 2 N–H and O–H groups in total. The standard InChI is InChI=1S/C11H16N2O2/c1-3-13(11(14)15-2)8-9-6-4-5-7-10(9)12/h4-7H,3,8,12H2,1-2H3. The molecule has 1 aromatic carbocycles. The molecule has 0 aromatic heterocycles. The molecular formula is C11H16N2O2. The molecule has 0 radical (unpaired) electrons. The van der Waals surface area contributed by atoms with Crippen LogP contribution < -0.4 is 5.73 Å². The van der Waals surface area contributed by atoms with Gasteiger partial charge in [-0.2, -0.15) is 0 Å². The number of nitrogens with two attached hydrogens (primary N) is 1. The lowest BCUT2D eigenvalue weighted by Crippen LogP contribution is -2.30. The van der Waals surface area contributed by atoms with Crippen LogP contribution in [0, 0.1) is 0 Å². The van der Waals surface area contributed by atoms with Crippen molar-refractivity contribution in [2.75, 3.05) is 19.4 Å². The number of benzene rings is 1. The lowest BCUT2D eigenvalue weighted by atomic mass is 10.2. The van der Waals surface area contributed by atoms with Gasteiger partial charge in [0, 0.05) is 12.2 Å². The number of nitrogen functional groups attached to an aromatic ring is 1. The third-order valence-corrected chi connectivity index (χ3v) is 2.23. The van der Waals surface area contributed by atoms with Crippen LogP contribution in [-0.2, 0) is 11.3 Å². The molecule has 1 rings (SSSR count). The summed E-state index contributed by atoms with van der Waals surface area (Å²) in [5.74, 6) is 0. The molecular weight excluding hydrogens is 192 g/mol. The van der Waals surface area contributed by atoms with E-state index in [1.165, 1.54) is 7.11 Å². The first-order valence-electron chi connectivity index (χ1n) is 4.85. The maximum absolute atomic E-state index is 11.3. The molecule has 1 aromatic rings. The average Bonchev–Trinajstić information content (AvgIpc) is 2.27. The van der Waals surface area contributed by atoms with Gasteiger partial charge in [-0.15, -0.1) is 0 Å². The Balaban J connectivity index is 2.75. The smallest absolute Gasteiger partial charge is 0.409 e. The highest BCUT2D eigenvalue weighted by atomic mass is 16.5. The fraction of sp³-hybridized carbons (Fsp3) is 0.364. The lowest BCUT2D eigenvalue weighted by molar-refractivity contribution is 0.123. The fourth-order valence-corrected chi connectivity index (χ4v) is 1.32. The number of methoxy groups -OCH3 is 1. The van der Waals surface area contributed by atoms with E-state index in [1.807, 2.05) is 31.2 Å². The van der Waals surface area contributed by atoms with Gasteiger partial charge in [0.15, 0.2) is 0 Å². The van der Waals surface area contributed by atoms with Crippen LogP contribution in [0.1, 0.15) is 12.5 Å². The number of ether oxygens (including phenoxy) is 1. The zero-order valence-electron chi connectivity index (χ0n) is 9.06. The Bertz CT molecular complexity index is 339. The van der Waals surface area contributed by atoms with Gasteiger partial charge in [-0.05, 0) is 18.6 Å². The molecule has 4 heteroatoms. The van der Waals surface area contributed by atoms with Crippen molar-refractivity contribution >= 4 is 11.8 Å². The third kappa shape index (κ3) is 2.87. The number of anilines is 1. The van der Waals surface area contributed by atoms with Crippen LogP contribution in [0.15, 0.2) is 24.3 Å². The Morgan fingerprint density at radius 1 is 1.47 bits per heavy atom. The second kappa shape index (κ2) is 5.24. The van der Waals surface area contributed by atoms with Crippen LogP contribution in [0.4, 0.5) is 10.5 Å². The summed E-state index contributed by atoms with van der Waals surface area (Å²) >= 11 is 0. The molecule has 0 aliphatic carbocycles. The average molecular weight is 208 g/mol. The van der Waals surface area contributed by atoms with Gasteiger partial charge in [0.1, 0.15) is 0 Å². The number of nitrogens with zero attached hydrogens (tertiary/aromatic N) is 1. The number of carbonyl (C=O) groups excluding carboxylic acids is 1. The van der Waals surface area contributed by atoms with Crippen molar-refractivity contribution in [3.05, 3.63) is 29.8 Å². The number of carbonyl (C=O) groups is 1. The van der Waals surface area contributed by atoms with Crippen molar-refractivity contribution in [3.63, 3.8) is 0 Å². The Morgan fingerprint density at radius 2 is 2.13 bits per heavy atom. The van der Waals surface area contributed by atoms with E-state index < -0.39 is 0 Å². The minimum Gasteiger partial charge on any atom is -0.453 e. The largest absolute Gasteiger partial charge is 0.453 e.